The molecule has 5 heteroatoms. The van der Waals surface area contributed by atoms with Gasteiger partial charge < -0.3 is 10.2 Å². The van der Waals surface area contributed by atoms with Crippen molar-refractivity contribution in [1.82, 2.24) is 4.98 Å². The first-order valence-corrected chi connectivity index (χ1v) is 10.3. The van der Waals surface area contributed by atoms with Crippen LogP contribution >= 0.6 is 11.3 Å². The number of piperidine rings is 1. The Balaban J connectivity index is 1.54. The SMILES string of the molecule is Cc1cc2c(N3CCC[C@H](C(=O)Nc4cccc(C)c4C)C3)nccc2s1. The Morgan fingerprint density at radius 3 is 2.96 bits per heavy atom. The molecule has 1 aliphatic heterocycles. The number of carbonyl (C=O) groups excluding carboxylic acids is 1. The minimum absolute atomic E-state index is 0.0181. The number of aromatic nitrogens is 1. The second kappa shape index (κ2) is 7.31. The molecule has 1 saturated heterocycles. The van der Waals surface area contributed by atoms with Crippen LogP contribution in [0.2, 0.25) is 0 Å². The number of amides is 1. The van der Waals surface area contributed by atoms with Gasteiger partial charge in [-0.2, -0.15) is 0 Å². The van der Waals surface area contributed by atoms with E-state index in [0.717, 1.165) is 43.0 Å². The van der Waals surface area contributed by atoms with Crippen LogP contribution in [-0.2, 0) is 4.79 Å². The molecular weight excluding hydrogens is 354 g/mol. The molecule has 1 N–H and O–H groups in total. The quantitative estimate of drug-likeness (QED) is 0.690. The summed E-state index contributed by atoms with van der Waals surface area (Å²) >= 11 is 1.80. The number of anilines is 2. The van der Waals surface area contributed by atoms with Gasteiger partial charge in [-0.25, -0.2) is 4.98 Å². The largest absolute Gasteiger partial charge is 0.355 e. The van der Waals surface area contributed by atoms with Crippen LogP contribution in [0.25, 0.3) is 10.1 Å². The van der Waals surface area contributed by atoms with Crippen LogP contribution < -0.4 is 10.2 Å². The summed E-state index contributed by atoms with van der Waals surface area (Å²) < 4.78 is 1.26. The molecule has 140 valence electrons. The van der Waals surface area contributed by atoms with Crippen LogP contribution in [0, 0.1) is 26.7 Å². The molecule has 0 saturated carbocycles. The molecule has 0 spiro atoms. The third-order valence-corrected chi connectivity index (χ3v) is 6.52. The smallest absolute Gasteiger partial charge is 0.229 e. The first-order valence-electron chi connectivity index (χ1n) is 9.50. The van der Waals surface area contributed by atoms with Crippen molar-refractivity contribution in [3.8, 4) is 0 Å². The van der Waals surface area contributed by atoms with Crippen molar-refractivity contribution in [3.63, 3.8) is 0 Å². The Hall–Kier alpha value is -2.40. The van der Waals surface area contributed by atoms with Crippen LogP contribution in [0.5, 0.6) is 0 Å². The summed E-state index contributed by atoms with van der Waals surface area (Å²) in [5.41, 5.74) is 3.26. The van der Waals surface area contributed by atoms with E-state index in [9.17, 15) is 4.79 Å². The van der Waals surface area contributed by atoms with E-state index in [1.165, 1.54) is 20.5 Å². The average Bonchev–Trinajstić information content (AvgIpc) is 3.05. The summed E-state index contributed by atoms with van der Waals surface area (Å²) in [7, 11) is 0. The van der Waals surface area contributed by atoms with E-state index in [2.05, 4.69) is 54.2 Å². The van der Waals surface area contributed by atoms with E-state index in [-0.39, 0.29) is 11.8 Å². The Bertz CT molecular complexity index is 994. The summed E-state index contributed by atoms with van der Waals surface area (Å²) in [6.45, 7) is 7.93. The number of fused-ring (bicyclic) bond motifs is 1. The first kappa shape index (κ1) is 18.0. The van der Waals surface area contributed by atoms with Gasteiger partial charge in [-0.1, -0.05) is 12.1 Å². The number of hydrogen-bond donors (Lipinski definition) is 1. The van der Waals surface area contributed by atoms with Crippen LogP contribution in [0.4, 0.5) is 11.5 Å². The molecule has 4 rings (SSSR count). The molecule has 1 amide bonds. The van der Waals surface area contributed by atoms with Crippen molar-refractivity contribution in [1.29, 1.82) is 0 Å². The van der Waals surface area contributed by atoms with E-state index in [1.807, 2.05) is 18.3 Å². The molecule has 1 aliphatic rings. The Kier molecular flexibility index (Phi) is 4.87. The Labute approximate surface area is 164 Å². The zero-order chi connectivity index (χ0) is 19.0. The second-order valence-electron chi connectivity index (χ2n) is 7.43. The topological polar surface area (TPSA) is 45.2 Å². The molecule has 0 unspecified atom stereocenters. The molecule has 2 aromatic heterocycles. The molecule has 0 bridgehead atoms. The number of nitrogens with one attached hydrogen (secondary N) is 1. The fraction of sp³-hybridized carbons (Fsp3) is 0.364. The highest BCUT2D eigenvalue weighted by atomic mass is 32.1. The summed E-state index contributed by atoms with van der Waals surface area (Å²) in [5, 5.41) is 4.35. The zero-order valence-electron chi connectivity index (χ0n) is 16.1. The van der Waals surface area contributed by atoms with Crippen LogP contribution in [-0.4, -0.2) is 24.0 Å². The number of aryl methyl sites for hydroxylation is 2. The van der Waals surface area contributed by atoms with Crippen molar-refractivity contribution >= 4 is 38.8 Å². The molecule has 1 fully saturated rings. The van der Waals surface area contributed by atoms with Crippen molar-refractivity contribution < 1.29 is 4.79 Å². The lowest BCUT2D eigenvalue weighted by atomic mass is 9.96. The molecule has 0 aliphatic carbocycles. The lowest BCUT2D eigenvalue weighted by Gasteiger charge is -2.33. The van der Waals surface area contributed by atoms with Gasteiger partial charge in [0.15, 0.2) is 0 Å². The summed E-state index contributed by atoms with van der Waals surface area (Å²) in [6, 6.07) is 10.3. The zero-order valence-corrected chi connectivity index (χ0v) is 16.9. The summed E-state index contributed by atoms with van der Waals surface area (Å²) in [4.78, 5) is 21.1. The summed E-state index contributed by atoms with van der Waals surface area (Å²) in [6.07, 6.45) is 3.81. The van der Waals surface area contributed by atoms with Crippen LogP contribution in [0.15, 0.2) is 36.5 Å². The van der Waals surface area contributed by atoms with Gasteiger partial charge in [0, 0.05) is 39.9 Å². The van der Waals surface area contributed by atoms with Crippen molar-refractivity contribution in [2.75, 3.05) is 23.3 Å². The molecule has 3 heterocycles. The van der Waals surface area contributed by atoms with E-state index < -0.39 is 0 Å². The lowest BCUT2D eigenvalue weighted by molar-refractivity contribution is -0.120. The van der Waals surface area contributed by atoms with Gasteiger partial charge in [0.2, 0.25) is 5.91 Å². The molecule has 0 radical (unpaired) electrons. The van der Waals surface area contributed by atoms with Gasteiger partial charge in [0.05, 0.1) is 5.92 Å². The van der Waals surface area contributed by atoms with Crippen LogP contribution in [0.1, 0.15) is 28.8 Å². The number of rotatable bonds is 3. The predicted octanol–water partition coefficient (Wildman–Crippen LogP) is 5.08. The molecule has 1 atom stereocenters. The number of pyridine rings is 1. The Morgan fingerprint density at radius 2 is 2.11 bits per heavy atom. The highest BCUT2D eigenvalue weighted by Gasteiger charge is 2.28. The molecule has 1 aromatic carbocycles. The third-order valence-electron chi connectivity index (χ3n) is 5.50. The van der Waals surface area contributed by atoms with E-state index in [0.29, 0.717) is 0 Å². The minimum Gasteiger partial charge on any atom is -0.355 e. The number of hydrogen-bond acceptors (Lipinski definition) is 4. The molecule has 4 nitrogen and oxygen atoms in total. The van der Waals surface area contributed by atoms with E-state index in [4.69, 9.17) is 0 Å². The summed E-state index contributed by atoms with van der Waals surface area (Å²) in [5.74, 6) is 1.11. The highest BCUT2D eigenvalue weighted by molar-refractivity contribution is 7.19. The van der Waals surface area contributed by atoms with E-state index in [1.54, 1.807) is 11.3 Å². The van der Waals surface area contributed by atoms with Gasteiger partial charge in [-0.05, 0) is 62.9 Å². The number of thiophene rings is 1. The maximum Gasteiger partial charge on any atom is 0.229 e. The van der Waals surface area contributed by atoms with Gasteiger partial charge >= 0.3 is 0 Å². The maximum atomic E-state index is 12.9. The molecular formula is C22H25N3OS. The standard InChI is InChI=1S/C22H25N3OS/c1-14-6-4-8-19(16(14)3)24-22(26)17-7-5-11-25(13-17)21-18-12-15(2)27-20(18)9-10-23-21/h4,6,8-10,12,17H,5,7,11,13H2,1-3H3,(H,24,26)/t17-/m0/s1. The number of nitrogens with zero attached hydrogens (tertiary/aromatic N) is 2. The minimum atomic E-state index is -0.0181. The van der Waals surface area contributed by atoms with Crippen molar-refractivity contribution in [2.24, 2.45) is 5.92 Å². The maximum absolute atomic E-state index is 12.9. The number of benzene rings is 1. The number of carbonyl (C=O) groups is 1. The third kappa shape index (κ3) is 3.56. The normalized spacial score (nSPS) is 17.3. The second-order valence-corrected chi connectivity index (χ2v) is 8.71. The Morgan fingerprint density at radius 1 is 1.26 bits per heavy atom. The van der Waals surface area contributed by atoms with Gasteiger partial charge in [0.25, 0.3) is 0 Å². The van der Waals surface area contributed by atoms with Crippen molar-refractivity contribution in [3.05, 3.63) is 52.5 Å². The van der Waals surface area contributed by atoms with Gasteiger partial charge in [0.1, 0.15) is 5.82 Å². The fourth-order valence-electron chi connectivity index (χ4n) is 3.83. The lowest BCUT2D eigenvalue weighted by Crippen LogP contribution is -2.41. The first-order chi connectivity index (χ1) is 13.0. The van der Waals surface area contributed by atoms with Crippen molar-refractivity contribution in [2.45, 2.75) is 33.6 Å². The highest BCUT2D eigenvalue weighted by Crippen LogP contribution is 2.33. The van der Waals surface area contributed by atoms with Gasteiger partial charge in [-0.3, -0.25) is 4.79 Å². The monoisotopic (exact) mass is 379 g/mol. The fourth-order valence-corrected chi connectivity index (χ4v) is 4.75. The average molecular weight is 380 g/mol. The predicted molar refractivity (Wildman–Crippen MR) is 114 cm³/mol. The van der Waals surface area contributed by atoms with Crippen LogP contribution in [0.3, 0.4) is 0 Å². The molecule has 3 aromatic rings. The van der Waals surface area contributed by atoms with E-state index >= 15 is 0 Å². The molecule has 27 heavy (non-hydrogen) atoms. The van der Waals surface area contributed by atoms with Gasteiger partial charge in [-0.15, -0.1) is 11.3 Å².